The molecule has 1 aromatic carbocycles. The van der Waals surface area contributed by atoms with Gasteiger partial charge in [-0.05, 0) is 49.9 Å². The Morgan fingerprint density at radius 2 is 1.89 bits per heavy atom. The molecule has 0 atom stereocenters. The number of hydrogen-bond donors (Lipinski definition) is 1. The monoisotopic (exact) mass is 266 g/mol. The normalized spacial score (nSPS) is 27.3. The summed E-state index contributed by atoms with van der Waals surface area (Å²) in [7, 11) is 3.82. The van der Waals surface area contributed by atoms with Crippen LogP contribution < -0.4 is 10.6 Å². The van der Waals surface area contributed by atoms with Crippen LogP contribution >= 0.6 is 0 Å². The molecule has 3 nitrogen and oxygen atoms in total. The molecular formula is C15H23FN2O. The first-order chi connectivity index (χ1) is 9.11. The predicted molar refractivity (Wildman–Crippen MR) is 75.9 cm³/mol. The zero-order valence-corrected chi connectivity index (χ0v) is 11.7. The Kier molecular flexibility index (Phi) is 4.42. The first kappa shape index (κ1) is 14.3. The topological polar surface area (TPSA) is 38.5 Å². The summed E-state index contributed by atoms with van der Waals surface area (Å²) in [5.41, 5.74) is 7.02. The molecule has 0 amide bonds. The number of nitrogens with two attached hydrogens (primary N) is 1. The third-order valence-electron chi connectivity index (χ3n) is 4.50. The van der Waals surface area contributed by atoms with Gasteiger partial charge in [-0.25, -0.2) is 4.39 Å². The molecule has 0 saturated heterocycles. The highest BCUT2D eigenvalue weighted by atomic mass is 19.1. The zero-order chi connectivity index (χ0) is 13.9. The minimum atomic E-state index is -0.206. The second kappa shape index (κ2) is 5.88. The van der Waals surface area contributed by atoms with Gasteiger partial charge in [0.15, 0.2) is 0 Å². The summed E-state index contributed by atoms with van der Waals surface area (Å²) in [6.45, 7) is 0.608. The Hall–Kier alpha value is -1.13. The van der Waals surface area contributed by atoms with Gasteiger partial charge < -0.3 is 15.4 Å². The highest BCUT2D eigenvalue weighted by Crippen LogP contribution is 2.36. The van der Waals surface area contributed by atoms with Crippen molar-refractivity contribution in [2.24, 2.45) is 5.73 Å². The summed E-state index contributed by atoms with van der Waals surface area (Å²) in [5, 5.41) is 0. The number of benzene rings is 1. The fourth-order valence-electron chi connectivity index (χ4n) is 2.98. The van der Waals surface area contributed by atoms with Gasteiger partial charge >= 0.3 is 0 Å². The minimum Gasteiger partial charge on any atom is -0.381 e. The Morgan fingerprint density at radius 3 is 2.37 bits per heavy atom. The van der Waals surface area contributed by atoms with E-state index in [9.17, 15) is 4.39 Å². The SMILES string of the molecule is COC1CCC(CN)(N(C)c2ccc(F)cc2)CC1. The molecule has 106 valence electrons. The van der Waals surface area contributed by atoms with E-state index in [1.165, 1.54) is 12.1 Å². The van der Waals surface area contributed by atoms with Crippen LogP contribution in [0.3, 0.4) is 0 Å². The number of hydrogen-bond acceptors (Lipinski definition) is 3. The van der Waals surface area contributed by atoms with Crippen LogP contribution in [-0.4, -0.2) is 32.3 Å². The third kappa shape index (κ3) is 2.90. The molecule has 0 spiro atoms. The van der Waals surface area contributed by atoms with Gasteiger partial charge in [-0.2, -0.15) is 0 Å². The van der Waals surface area contributed by atoms with Crippen molar-refractivity contribution in [1.29, 1.82) is 0 Å². The summed E-state index contributed by atoms with van der Waals surface area (Å²) >= 11 is 0. The van der Waals surface area contributed by atoms with E-state index in [1.54, 1.807) is 7.11 Å². The summed E-state index contributed by atoms with van der Waals surface area (Å²) in [6, 6.07) is 6.62. The molecule has 1 aliphatic rings. The lowest BCUT2D eigenvalue weighted by Gasteiger charge is -2.46. The van der Waals surface area contributed by atoms with E-state index >= 15 is 0 Å². The van der Waals surface area contributed by atoms with Crippen LogP contribution in [0.15, 0.2) is 24.3 Å². The van der Waals surface area contributed by atoms with E-state index in [2.05, 4.69) is 4.90 Å². The Balaban J connectivity index is 2.15. The van der Waals surface area contributed by atoms with Gasteiger partial charge in [0.1, 0.15) is 5.82 Å². The molecule has 1 aromatic rings. The van der Waals surface area contributed by atoms with Gasteiger partial charge in [0.05, 0.1) is 11.6 Å². The smallest absolute Gasteiger partial charge is 0.123 e. The van der Waals surface area contributed by atoms with Crippen molar-refractivity contribution in [1.82, 2.24) is 0 Å². The largest absolute Gasteiger partial charge is 0.381 e. The Morgan fingerprint density at radius 1 is 1.32 bits per heavy atom. The molecule has 0 aliphatic heterocycles. The number of halogens is 1. The standard InChI is InChI=1S/C15H23FN2O/c1-18(13-5-3-12(16)4-6-13)15(11-17)9-7-14(19-2)8-10-15/h3-6,14H,7-11,17H2,1-2H3. The molecule has 1 aliphatic carbocycles. The van der Waals surface area contributed by atoms with Crippen molar-refractivity contribution in [2.45, 2.75) is 37.3 Å². The number of rotatable bonds is 4. The number of ether oxygens (including phenoxy) is 1. The maximum Gasteiger partial charge on any atom is 0.123 e. The van der Waals surface area contributed by atoms with Crippen LogP contribution in [0.1, 0.15) is 25.7 Å². The fourth-order valence-corrected chi connectivity index (χ4v) is 2.98. The second-order valence-electron chi connectivity index (χ2n) is 5.40. The Labute approximate surface area is 114 Å². The predicted octanol–water partition coefficient (Wildman–Crippen LogP) is 2.55. The molecule has 2 N–H and O–H groups in total. The third-order valence-corrected chi connectivity index (χ3v) is 4.50. The van der Waals surface area contributed by atoms with E-state index in [1.807, 2.05) is 19.2 Å². The molecule has 19 heavy (non-hydrogen) atoms. The first-order valence-electron chi connectivity index (χ1n) is 6.83. The number of likely N-dealkylation sites (N-methyl/N-ethyl adjacent to an activating group) is 1. The van der Waals surface area contributed by atoms with E-state index in [-0.39, 0.29) is 11.4 Å². The number of methoxy groups -OCH3 is 1. The molecule has 4 heteroatoms. The van der Waals surface area contributed by atoms with Crippen molar-refractivity contribution in [3.05, 3.63) is 30.1 Å². The average Bonchev–Trinajstić information content (AvgIpc) is 2.47. The van der Waals surface area contributed by atoms with Gasteiger partial charge in [0.2, 0.25) is 0 Å². The maximum absolute atomic E-state index is 13.0. The van der Waals surface area contributed by atoms with Crippen LogP contribution in [0.25, 0.3) is 0 Å². The molecule has 1 fully saturated rings. The molecule has 2 rings (SSSR count). The molecule has 0 bridgehead atoms. The zero-order valence-electron chi connectivity index (χ0n) is 11.7. The molecular weight excluding hydrogens is 243 g/mol. The Bertz CT molecular complexity index is 399. The number of anilines is 1. The summed E-state index contributed by atoms with van der Waals surface area (Å²) < 4.78 is 18.4. The van der Waals surface area contributed by atoms with Crippen LogP contribution in [0.5, 0.6) is 0 Å². The van der Waals surface area contributed by atoms with Crippen molar-refractivity contribution in [3.8, 4) is 0 Å². The van der Waals surface area contributed by atoms with Gasteiger partial charge in [0.25, 0.3) is 0 Å². The van der Waals surface area contributed by atoms with Gasteiger partial charge in [-0.15, -0.1) is 0 Å². The summed E-state index contributed by atoms with van der Waals surface area (Å²) in [5.74, 6) is -0.206. The fraction of sp³-hybridized carbons (Fsp3) is 0.600. The molecule has 0 unspecified atom stereocenters. The van der Waals surface area contributed by atoms with E-state index in [0.717, 1.165) is 31.4 Å². The van der Waals surface area contributed by atoms with E-state index in [0.29, 0.717) is 12.6 Å². The van der Waals surface area contributed by atoms with Crippen molar-refractivity contribution >= 4 is 5.69 Å². The molecule has 1 saturated carbocycles. The molecule has 0 aromatic heterocycles. The lowest BCUT2D eigenvalue weighted by Crippen LogP contribution is -2.55. The minimum absolute atomic E-state index is 0.0349. The van der Waals surface area contributed by atoms with Crippen molar-refractivity contribution < 1.29 is 9.13 Å². The summed E-state index contributed by atoms with van der Waals surface area (Å²) in [6.07, 6.45) is 4.42. The van der Waals surface area contributed by atoms with Crippen molar-refractivity contribution in [3.63, 3.8) is 0 Å². The lowest BCUT2D eigenvalue weighted by molar-refractivity contribution is 0.0505. The van der Waals surface area contributed by atoms with Gasteiger partial charge in [-0.3, -0.25) is 0 Å². The second-order valence-corrected chi connectivity index (χ2v) is 5.40. The van der Waals surface area contributed by atoms with Crippen LogP contribution in [0.2, 0.25) is 0 Å². The van der Waals surface area contributed by atoms with E-state index in [4.69, 9.17) is 10.5 Å². The van der Waals surface area contributed by atoms with Gasteiger partial charge in [0, 0.05) is 26.4 Å². The quantitative estimate of drug-likeness (QED) is 0.910. The highest BCUT2D eigenvalue weighted by Gasteiger charge is 2.37. The lowest BCUT2D eigenvalue weighted by atomic mass is 9.79. The first-order valence-corrected chi connectivity index (χ1v) is 6.83. The van der Waals surface area contributed by atoms with Crippen LogP contribution in [0, 0.1) is 5.82 Å². The molecule has 0 heterocycles. The van der Waals surface area contributed by atoms with E-state index < -0.39 is 0 Å². The number of nitrogens with zero attached hydrogens (tertiary/aromatic N) is 1. The maximum atomic E-state index is 13.0. The average molecular weight is 266 g/mol. The molecule has 0 radical (unpaired) electrons. The van der Waals surface area contributed by atoms with Gasteiger partial charge in [-0.1, -0.05) is 0 Å². The van der Waals surface area contributed by atoms with Crippen molar-refractivity contribution in [2.75, 3.05) is 25.6 Å². The summed E-state index contributed by atoms with van der Waals surface area (Å²) in [4.78, 5) is 2.21. The van der Waals surface area contributed by atoms with Crippen LogP contribution in [0.4, 0.5) is 10.1 Å². The van der Waals surface area contributed by atoms with Crippen LogP contribution in [-0.2, 0) is 4.74 Å². The highest BCUT2D eigenvalue weighted by molar-refractivity contribution is 5.48.